The lowest BCUT2D eigenvalue weighted by Crippen LogP contribution is -2.54. The highest BCUT2D eigenvalue weighted by Crippen LogP contribution is 2.26. The van der Waals surface area contributed by atoms with E-state index in [1.54, 1.807) is 24.3 Å². The minimum absolute atomic E-state index is 0.146. The molecular formula is C28H19FN2O4. The van der Waals surface area contributed by atoms with Gasteiger partial charge in [0.05, 0.1) is 5.69 Å². The number of nitrogens with one attached hydrogen (secondary N) is 1. The van der Waals surface area contributed by atoms with Gasteiger partial charge in [0.25, 0.3) is 11.8 Å². The summed E-state index contributed by atoms with van der Waals surface area (Å²) in [4.78, 5) is 38.8. The van der Waals surface area contributed by atoms with Crippen molar-refractivity contribution in [1.82, 2.24) is 5.32 Å². The molecule has 0 aromatic heterocycles. The number of carbonyl (C=O) groups excluding carboxylic acids is 3. The summed E-state index contributed by atoms with van der Waals surface area (Å²) < 4.78 is 19.3. The molecule has 1 heterocycles. The van der Waals surface area contributed by atoms with Gasteiger partial charge < -0.3 is 4.74 Å². The molecule has 0 unspecified atom stereocenters. The molecule has 7 heteroatoms. The second-order valence-electron chi connectivity index (χ2n) is 7.94. The number of hydrogen-bond donors (Lipinski definition) is 1. The Balaban J connectivity index is 1.42. The Morgan fingerprint density at radius 2 is 1.54 bits per heavy atom. The summed E-state index contributed by atoms with van der Waals surface area (Å²) in [6, 6.07) is 25.0. The van der Waals surface area contributed by atoms with E-state index < -0.39 is 23.7 Å². The molecule has 1 fully saturated rings. The third-order valence-corrected chi connectivity index (χ3v) is 5.61. The molecule has 1 aliphatic heterocycles. The Bertz CT molecular complexity index is 1490. The average molecular weight is 466 g/mol. The standard InChI is InChI=1S/C28H19FN2O4/c29-22-11-13-23(14-12-22)31-27(33)24(26(32)30-28(31)34)16-21-7-3-4-8-25(21)35-17-18-9-10-19-5-1-2-6-20(19)15-18/h1-16H,17H2,(H,30,32,34)/b24-16+. The van der Waals surface area contributed by atoms with Crippen molar-refractivity contribution in [2.45, 2.75) is 6.61 Å². The van der Waals surface area contributed by atoms with E-state index in [-0.39, 0.29) is 17.9 Å². The van der Waals surface area contributed by atoms with E-state index in [0.29, 0.717) is 11.3 Å². The molecule has 4 aromatic rings. The lowest BCUT2D eigenvalue weighted by atomic mass is 10.1. The number of nitrogens with zero attached hydrogens (tertiary/aromatic N) is 1. The van der Waals surface area contributed by atoms with Gasteiger partial charge in [0, 0.05) is 5.56 Å². The van der Waals surface area contributed by atoms with Gasteiger partial charge in [-0.05, 0) is 58.8 Å². The lowest BCUT2D eigenvalue weighted by molar-refractivity contribution is -0.122. The van der Waals surface area contributed by atoms with E-state index in [0.717, 1.165) is 33.4 Å². The van der Waals surface area contributed by atoms with Crippen LogP contribution in [-0.2, 0) is 16.2 Å². The maximum Gasteiger partial charge on any atom is 0.335 e. The van der Waals surface area contributed by atoms with E-state index in [9.17, 15) is 18.8 Å². The first-order valence-electron chi connectivity index (χ1n) is 10.9. The van der Waals surface area contributed by atoms with Gasteiger partial charge in [-0.25, -0.2) is 14.1 Å². The van der Waals surface area contributed by atoms with E-state index in [1.807, 2.05) is 42.5 Å². The summed E-state index contributed by atoms with van der Waals surface area (Å²) in [5.74, 6) is -1.67. The van der Waals surface area contributed by atoms with Crippen molar-refractivity contribution in [3.8, 4) is 5.75 Å². The highest BCUT2D eigenvalue weighted by molar-refractivity contribution is 6.39. The summed E-state index contributed by atoms with van der Waals surface area (Å²) >= 11 is 0. The molecule has 172 valence electrons. The van der Waals surface area contributed by atoms with Crippen molar-refractivity contribution in [3.63, 3.8) is 0 Å². The molecule has 1 N–H and O–H groups in total. The first kappa shape index (κ1) is 22.0. The fourth-order valence-corrected chi connectivity index (χ4v) is 3.86. The van der Waals surface area contributed by atoms with E-state index in [4.69, 9.17) is 4.74 Å². The Hall–Kier alpha value is -4.78. The number of hydrogen-bond acceptors (Lipinski definition) is 4. The van der Waals surface area contributed by atoms with Gasteiger partial charge >= 0.3 is 6.03 Å². The first-order chi connectivity index (χ1) is 17.0. The Morgan fingerprint density at radius 3 is 2.34 bits per heavy atom. The topological polar surface area (TPSA) is 75.7 Å². The monoisotopic (exact) mass is 466 g/mol. The van der Waals surface area contributed by atoms with Crippen LogP contribution >= 0.6 is 0 Å². The summed E-state index contributed by atoms with van der Waals surface area (Å²) in [6.07, 6.45) is 1.39. The SMILES string of the molecule is O=C1NC(=O)N(c2ccc(F)cc2)C(=O)/C1=C/c1ccccc1OCc1ccc2ccccc2c1. The van der Waals surface area contributed by atoms with Gasteiger partial charge in [0.2, 0.25) is 0 Å². The van der Waals surface area contributed by atoms with Crippen LogP contribution in [0.1, 0.15) is 11.1 Å². The van der Waals surface area contributed by atoms with Gasteiger partial charge in [-0.3, -0.25) is 14.9 Å². The zero-order valence-corrected chi connectivity index (χ0v) is 18.4. The van der Waals surface area contributed by atoms with E-state index >= 15 is 0 Å². The molecular weight excluding hydrogens is 447 g/mol. The summed E-state index contributed by atoms with van der Waals surface area (Å²) in [7, 11) is 0. The lowest BCUT2D eigenvalue weighted by Gasteiger charge is -2.26. The fraction of sp³-hybridized carbons (Fsp3) is 0.0357. The smallest absolute Gasteiger partial charge is 0.335 e. The van der Waals surface area contributed by atoms with Crippen LogP contribution in [0.5, 0.6) is 5.75 Å². The van der Waals surface area contributed by atoms with Crippen LogP contribution in [0, 0.1) is 5.82 Å². The molecule has 0 spiro atoms. The van der Waals surface area contributed by atoms with Crippen LogP contribution < -0.4 is 15.0 Å². The second-order valence-corrected chi connectivity index (χ2v) is 7.94. The molecule has 0 atom stereocenters. The van der Waals surface area contributed by atoms with Crippen LogP contribution in [0.2, 0.25) is 0 Å². The Labute approximate surface area is 200 Å². The number of benzene rings is 4. The second kappa shape index (κ2) is 9.23. The number of amides is 4. The van der Waals surface area contributed by atoms with Crippen LogP contribution in [0.15, 0.2) is 96.6 Å². The molecule has 1 aliphatic rings. The summed E-state index contributed by atoms with van der Waals surface area (Å²) in [5, 5.41) is 4.39. The number of rotatable bonds is 5. The number of barbiturate groups is 1. The normalized spacial score (nSPS) is 14.9. The third-order valence-electron chi connectivity index (χ3n) is 5.61. The third kappa shape index (κ3) is 4.52. The minimum atomic E-state index is -0.899. The highest BCUT2D eigenvalue weighted by Gasteiger charge is 2.37. The van der Waals surface area contributed by atoms with E-state index in [1.165, 1.54) is 18.2 Å². The summed E-state index contributed by atoms with van der Waals surface area (Å²) in [6.45, 7) is 0.283. The molecule has 5 rings (SSSR count). The number of halogens is 1. The van der Waals surface area contributed by atoms with Crippen LogP contribution in [-0.4, -0.2) is 17.8 Å². The number of carbonyl (C=O) groups is 3. The Morgan fingerprint density at radius 1 is 0.829 bits per heavy atom. The number of fused-ring (bicyclic) bond motifs is 1. The average Bonchev–Trinajstić information content (AvgIpc) is 2.87. The predicted octanol–water partition coefficient (Wildman–Crippen LogP) is 5.22. The molecule has 1 saturated heterocycles. The predicted molar refractivity (Wildman–Crippen MR) is 130 cm³/mol. The van der Waals surface area contributed by atoms with Crippen LogP contribution in [0.25, 0.3) is 16.8 Å². The fourth-order valence-electron chi connectivity index (χ4n) is 3.86. The molecule has 4 amide bonds. The van der Waals surface area contributed by atoms with Gasteiger partial charge in [-0.15, -0.1) is 0 Å². The molecule has 35 heavy (non-hydrogen) atoms. The van der Waals surface area contributed by atoms with Crippen molar-refractivity contribution < 1.29 is 23.5 Å². The molecule has 0 aliphatic carbocycles. The number of anilines is 1. The molecule has 0 radical (unpaired) electrons. The molecule has 6 nitrogen and oxygen atoms in total. The quantitative estimate of drug-likeness (QED) is 0.323. The molecule has 4 aromatic carbocycles. The molecule has 0 saturated carbocycles. The van der Waals surface area contributed by atoms with Crippen molar-refractivity contribution in [2.24, 2.45) is 0 Å². The van der Waals surface area contributed by atoms with Crippen molar-refractivity contribution in [3.05, 3.63) is 114 Å². The maximum absolute atomic E-state index is 13.3. The van der Waals surface area contributed by atoms with Gasteiger partial charge in [-0.1, -0.05) is 54.6 Å². The van der Waals surface area contributed by atoms with Crippen molar-refractivity contribution in [1.29, 1.82) is 0 Å². The van der Waals surface area contributed by atoms with Gasteiger partial charge in [0.15, 0.2) is 0 Å². The zero-order valence-electron chi connectivity index (χ0n) is 18.4. The van der Waals surface area contributed by atoms with Crippen LogP contribution in [0.4, 0.5) is 14.9 Å². The van der Waals surface area contributed by atoms with Gasteiger partial charge in [-0.2, -0.15) is 0 Å². The van der Waals surface area contributed by atoms with Gasteiger partial charge in [0.1, 0.15) is 23.7 Å². The minimum Gasteiger partial charge on any atom is -0.488 e. The summed E-state index contributed by atoms with van der Waals surface area (Å²) in [5.41, 5.74) is 1.37. The van der Waals surface area contributed by atoms with E-state index in [2.05, 4.69) is 5.32 Å². The highest BCUT2D eigenvalue weighted by atomic mass is 19.1. The van der Waals surface area contributed by atoms with Crippen molar-refractivity contribution in [2.75, 3.05) is 4.90 Å². The maximum atomic E-state index is 13.3. The Kier molecular flexibility index (Phi) is 5.81. The number of para-hydroxylation sites is 1. The zero-order chi connectivity index (χ0) is 24.4. The van der Waals surface area contributed by atoms with Crippen LogP contribution in [0.3, 0.4) is 0 Å². The van der Waals surface area contributed by atoms with Crippen molar-refractivity contribution >= 4 is 40.4 Å². The number of urea groups is 1. The molecule has 0 bridgehead atoms. The first-order valence-corrected chi connectivity index (χ1v) is 10.9. The largest absolute Gasteiger partial charge is 0.488 e. The number of imide groups is 2. The number of ether oxygens (including phenoxy) is 1.